The molecule has 28 heavy (non-hydrogen) atoms. The largest absolute Gasteiger partial charge is 0.416 e. The van der Waals surface area contributed by atoms with Crippen LogP contribution in [0.1, 0.15) is 29.2 Å². The van der Waals surface area contributed by atoms with E-state index in [1.165, 1.54) is 6.07 Å². The lowest BCUT2D eigenvalue weighted by Crippen LogP contribution is -2.19. The molecule has 0 saturated heterocycles. The molecule has 0 saturated carbocycles. The monoisotopic (exact) mass is 444 g/mol. The molecular formula is C22H16BrF3N2. The van der Waals surface area contributed by atoms with Crippen LogP contribution in [0.4, 0.5) is 18.9 Å². The van der Waals surface area contributed by atoms with Crippen LogP contribution >= 0.6 is 15.9 Å². The summed E-state index contributed by atoms with van der Waals surface area (Å²) in [6, 6.07) is 22.7. The van der Waals surface area contributed by atoms with Gasteiger partial charge in [-0.2, -0.15) is 18.3 Å². The molecule has 0 amide bonds. The van der Waals surface area contributed by atoms with Crippen molar-refractivity contribution in [2.45, 2.75) is 18.6 Å². The predicted molar refractivity (Wildman–Crippen MR) is 108 cm³/mol. The van der Waals surface area contributed by atoms with Crippen LogP contribution in [0.25, 0.3) is 0 Å². The second-order valence-corrected chi connectivity index (χ2v) is 7.49. The highest BCUT2D eigenvalue weighted by atomic mass is 79.9. The maximum Gasteiger partial charge on any atom is 0.416 e. The molecule has 1 aliphatic heterocycles. The topological polar surface area (TPSA) is 15.6 Å². The minimum atomic E-state index is -4.39. The molecule has 6 heteroatoms. The first kappa shape index (κ1) is 18.7. The summed E-state index contributed by atoms with van der Waals surface area (Å²) in [4.78, 5) is 0. The van der Waals surface area contributed by atoms with Crippen molar-refractivity contribution in [1.29, 1.82) is 0 Å². The average Bonchev–Trinajstić information content (AvgIpc) is 3.14. The molecule has 142 valence electrons. The summed E-state index contributed by atoms with van der Waals surface area (Å²) in [6.07, 6.45) is -3.78. The zero-order valence-electron chi connectivity index (χ0n) is 14.7. The minimum absolute atomic E-state index is 0.164. The Morgan fingerprint density at radius 3 is 2.29 bits per heavy atom. The standard InChI is InChI=1S/C22H16BrF3N2/c23-18-11-9-15(10-12-18)20-14-21(16-5-2-1-3-6-16)28(27-20)19-8-4-7-17(13-19)22(24,25)26/h1-13,21H,14H2/t21-/m0/s1. The molecule has 0 aliphatic carbocycles. The van der Waals surface area contributed by atoms with E-state index < -0.39 is 11.7 Å². The van der Waals surface area contributed by atoms with Gasteiger partial charge in [0.2, 0.25) is 0 Å². The first-order valence-electron chi connectivity index (χ1n) is 8.77. The summed E-state index contributed by atoms with van der Waals surface area (Å²) in [5, 5.41) is 6.40. The quantitative estimate of drug-likeness (QED) is 0.432. The number of benzene rings is 3. The fraction of sp³-hybridized carbons (Fsp3) is 0.136. The van der Waals surface area contributed by atoms with Crippen LogP contribution in [0.2, 0.25) is 0 Å². The Hall–Kier alpha value is -2.60. The third kappa shape index (κ3) is 3.83. The highest BCUT2D eigenvalue weighted by molar-refractivity contribution is 9.10. The van der Waals surface area contributed by atoms with Gasteiger partial charge in [0.1, 0.15) is 0 Å². The zero-order valence-corrected chi connectivity index (χ0v) is 16.3. The molecule has 3 aromatic rings. The molecule has 0 unspecified atom stereocenters. The van der Waals surface area contributed by atoms with Gasteiger partial charge in [-0.3, -0.25) is 5.01 Å². The van der Waals surface area contributed by atoms with Crippen LogP contribution in [-0.2, 0) is 6.18 Å². The molecule has 2 nitrogen and oxygen atoms in total. The summed E-state index contributed by atoms with van der Waals surface area (Å²) in [7, 11) is 0. The summed E-state index contributed by atoms with van der Waals surface area (Å²) >= 11 is 3.42. The molecule has 1 heterocycles. The second kappa shape index (κ2) is 7.43. The summed E-state index contributed by atoms with van der Waals surface area (Å²) in [6.45, 7) is 0. The van der Waals surface area contributed by atoms with E-state index >= 15 is 0 Å². The summed E-state index contributed by atoms with van der Waals surface area (Å²) in [5.41, 5.74) is 2.56. The molecule has 1 atom stereocenters. The SMILES string of the molecule is FC(F)(F)c1cccc(N2N=C(c3ccc(Br)cc3)C[C@H]2c2ccccc2)c1. The minimum Gasteiger partial charge on any atom is -0.257 e. The van der Waals surface area contributed by atoms with Gasteiger partial charge in [-0.15, -0.1) is 0 Å². The lowest BCUT2D eigenvalue weighted by molar-refractivity contribution is -0.137. The molecule has 1 aliphatic rings. The van der Waals surface area contributed by atoms with Crippen molar-refractivity contribution in [1.82, 2.24) is 0 Å². The van der Waals surface area contributed by atoms with Crippen LogP contribution in [0.5, 0.6) is 0 Å². The molecule has 0 N–H and O–H groups in total. The van der Waals surface area contributed by atoms with Gasteiger partial charge < -0.3 is 0 Å². The molecule has 0 radical (unpaired) electrons. The van der Waals surface area contributed by atoms with E-state index in [9.17, 15) is 13.2 Å². The van der Waals surface area contributed by atoms with Gasteiger partial charge in [-0.05, 0) is 41.5 Å². The van der Waals surface area contributed by atoms with Gasteiger partial charge in [0.05, 0.1) is 23.0 Å². The van der Waals surface area contributed by atoms with Gasteiger partial charge in [0.25, 0.3) is 0 Å². The molecule has 3 aromatic carbocycles. The predicted octanol–water partition coefficient (Wildman–Crippen LogP) is 6.82. The molecule has 4 rings (SSSR count). The van der Waals surface area contributed by atoms with Crippen molar-refractivity contribution >= 4 is 27.3 Å². The third-order valence-corrected chi connectivity index (χ3v) is 5.24. The molecule has 0 aromatic heterocycles. The Balaban J connectivity index is 1.77. The number of anilines is 1. The van der Waals surface area contributed by atoms with Crippen LogP contribution in [0.15, 0.2) is 88.4 Å². The van der Waals surface area contributed by atoms with E-state index in [0.717, 1.165) is 33.4 Å². The first-order valence-corrected chi connectivity index (χ1v) is 9.56. The maximum absolute atomic E-state index is 13.2. The van der Waals surface area contributed by atoms with Gasteiger partial charge in [-0.25, -0.2) is 0 Å². The van der Waals surface area contributed by atoms with E-state index in [0.29, 0.717) is 12.1 Å². The van der Waals surface area contributed by atoms with Crippen LogP contribution in [-0.4, -0.2) is 5.71 Å². The number of alkyl halides is 3. The average molecular weight is 445 g/mol. The number of hydrogen-bond donors (Lipinski definition) is 0. The van der Waals surface area contributed by atoms with Crippen molar-refractivity contribution < 1.29 is 13.2 Å². The highest BCUT2D eigenvalue weighted by Crippen LogP contribution is 2.39. The fourth-order valence-corrected chi connectivity index (χ4v) is 3.59. The van der Waals surface area contributed by atoms with Crippen molar-refractivity contribution in [3.05, 3.63) is 100 Å². The number of hydrazone groups is 1. The Morgan fingerprint density at radius 2 is 1.61 bits per heavy atom. The maximum atomic E-state index is 13.2. The Morgan fingerprint density at radius 1 is 0.893 bits per heavy atom. The Kier molecular flexibility index (Phi) is 4.98. The molecule has 0 spiro atoms. The number of rotatable bonds is 3. The normalized spacial score (nSPS) is 16.9. The van der Waals surface area contributed by atoms with E-state index in [4.69, 9.17) is 5.10 Å². The highest BCUT2D eigenvalue weighted by Gasteiger charge is 2.33. The zero-order chi connectivity index (χ0) is 19.7. The lowest BCUT2D eigenvalue weighted by Gasteiger charge is -2.24. The Labute approximate surface area is 169 Å². The second-order valence-electron chi connectivity index (χ2n) is 6.58. The van der Waals surface area contributed by atoms with E-state index in [1.807, 2.05) is 54.6 Å². The van der Waals surface area contributed by atoms with Crippen molar-refractivity contribution in [3.63, 3.8) is 0 Å². The third-order valence-electron chi connectivity index (χ3n) is 4.71. The summed E-state index contributed by atoms with van der Waals surface area (Å²) < 4.78 is 40.5. The fourth-order valence-electron chi connectivity index (χ4n) is 3.32. The molecule has 0 bridgehead atoms. The Bertz CT molecular complexity index is 998. The van der Waals surface area contributed by atoms with Crippen molar-refractivity contribution in [2.24, 2.45) is 5.10 Å². The van der Waals surface area contributed by atoms with E-state index in [2.05, 4.69) is 15.9 Å². The lowest BCUT2D eigenvalue weighted by atomic mass is 9.98. The van der Waals surface area contributed by atoms with Gasteiger partial charge in [-0.1, -0.05) is 64.5 Å². The smallest absolute Gasteiger partial charge is 0.257 e. The van der Waals surface area contributed by atoms with Crippen molar-refractivity contribution in [2.75, 3.05) is 5.01 Å². The summed E-state index contributed by atoms with van der Waals surface area (Å²) in [5.74, 6) is 0. The van der Waals surface area contributed by atoms with Crippen LogP contribution in [0, 0.1) is 0 Å². The molecular weight excluding hydrogens is 429 g/mol. The first-order chi connectivity index (χ1) is 13.4. The van der Waals surface area contributed by atoms with E-state index in [1.54, 1.807) is 11.1 Å². The number of nitrogens with zero attached hydrogens (tertiary/aromatic N) is 2. The van der Waals surface area contributed by atoms with Gasteiger partial charge in [0.15, 0.2) is 0 Å². The number of halogens is 4. The van der Waals surface area contributed by atoms with Gasteiger partial charge >= 0.3 is 6.18 Å². The molecule has 0 fully saturated rings. The van der Waals surface area contributed by atoms with Crippen molar-refractivity contribution in [3.8, 4) is 0 Å². The number of hydrogen-bond acceptors (Lipinski definition) is 2. The van der Waals surface area contributed by atoms with Gasteiger partial charge in [0, 0.05) is 10.9 Å². The van der Waals surface area contributed by atoms with Crippen LogP contribution < -0.4 is 5.01 Å². The van der Waals surface area contributed by atoms with E-state index in [-0.39, 0.29) is 6.04 Å². The van der Waals surface area contributed by atoms with Crippen LogP contribution in [0.3, 0.4) is 0 Å².